The summed E-state index contributed by atoms with van der Waals surface area (Å²) in [5.41, 5.74) is 0.737. The molecule has 0 atom stereocenters. The van der Waals surface area contributed by atoms with Gasteiger partial charge in [-0.25, -0.2) is 3.11 Å². The second kappa shape index (κ2) is 4.71. The summed E-state index contributed by atoms with van der Waals surface area (Å²) in [6, 6.07) is 0.899. The highest BCUT2D eigenvalue weighted by molar-refractivity contribution is 14.1. The van der Waals surface area contributed by atoms with Crippen molar-refractivity contribution >= 4 is 22.9 Å². The van der Waals surface area contributed by atoms with E-state index in [-0.39, 0.29) is 0 Å². The van der Waals surface area contributed by atoms with Crippen LogP contribution in [0.25, 0.3) is 5.32 Å². The maximum atomic E-state index is 4.43. The lowest BCUT2D eigenvalue weighted by Crippen LogP contribution is -2.55. The molecule has 0 N–H and O–H groups in total. The SMILES string of the molecule is IN1CCC2(CC1)CC(N1CC[N-]CC1)C2. The molecule has 3 rings (SSSR count). The molecule has 1 aliphatic carbocycles. The molecule has 1 saturated carbocycles. The van der Waals surface area contributed by atoms with Crippen LogP contribution in [0.4, 0.5) is 0 Å². The van der Waals surface area contributed by atoms with E-state index in [0.29, 0.717) is 0 Å². The molecular formula is C12H21IN3-. The summed E-state index contributed by atoms with van der Waals surface area (Å²) in [5, 5.41) is 4.43. The van der Waals surface area contributed by atoms with Crippen molar-refractivity contribution in [1.29, 1.82) is 0 Å². The number of hydrogen-bond acceptors (Lipinski definition) is 2. The lowest BCUT2D eigenvalue weighted by molar-refractivity contribution is -0.0275. The van der Waals surface area contributed by atoms with Crippen LogP contribution in [0.3, 0.4) is 0 Å². The Morgan fingerprint density at radius 3 is 2.25 bits per heavy atom. The third-order valence-electron chi connectivity index (χ3n) is 4.71. The fourth-order valence-electron chi connectivity index (χ4n) is 3.55. The molecule has 3 fully saturated rings. The quantitative estimate of drug-likeness (QED) is 0.542. The lowest BCUT2D eigenvalue weighted by atomic mass is 9.60. The molecule has 2 heterocycles. The summed E-state index contributed by atoms with van der Waals surface area (Å²) in [5.74, 6) is 0. The predicted octanol–water partition coefficient (Wildman–Crippen LogP) is 2.27. The Labute approximate surface area is 112 Å². The zero-order valence-electron chi connectivity index (χ0n) is 9.87. The van der Waals surface area contributed by atoms with Gasteiger partial charge in [0, 0.05) is 42.0 Å². The second-order valence-corrected chi connectivity index (χ2v) is 7.04. The second-order valence-electron chi connectivity index (χ2n) is 5.68. The van der Waals surface area contributed by atoms with E-state index in [0.717, 1.165) is 24.5 Å². The smallest absolute Gasteiger partial charge is 0.0201 e. The molecule has 3 aliphatic rings. The number of rotatable bonds is 1. The van der Waals surface area contributed by atoms with Crippen LogP contribution in [0.1, 0.15) is 25.7 Å². The Hall–Kier alpha value is 0.610. The molecule has 0 amide bonds. The maximum absolute atomic E-state index is 4.43. The summed E-state index contributed by atoms with van der Waals surface area (Å²) in [7, 11) is 0. The number of nitrogens with zero attached hydrogens (tertiary/aromatic N) is 3. The van der Waals surface area contributed by atoms with Crippen LogP contribution < -0.4 is 0 Å². The molecule has 0 aromatic carbocycles. The molecule has 0 radical (unpaired) electrons. The fraction of sp³-hybridized carbons (Fsp3) is 1.00. The Bertz CT molecular complexity index is 237. The van der Waals surface area contributed by atoms with E-state index >= 15 is 0 Å². The van der Waals surface area contributed by atoms with Crippen molar-refractivity contribution in [1.82, 2.24) is 8.01 Å². The van der Waals surface area contributed by atoms with Crippen molar-refractivity contribution in [3.63, 3.8) is 0 Å². The van der Waals surface area contributed by atoms with Gasteiger partial charge in [-0.1, -0.05) is 0 Å². The first kappa shape index (κ1) is 11.7. The third-order valence-corrected chi connectivity index (χ3v) is 5.68. The molecule has 0 aromatic heterocycles. The minimum absolute atomic E-state index is 0.737. The first-order valence-electron chi connectivity index (χ1n) is 6.56. The largest absolute Gasteiger partial charge is 0.660 e. The minimum Gasteiger partial charge on any atom is -0.660 e. The minimum atomic E-state index is 0.737. The standard InChI is InChI=1S/C12H21IN3/c13-16-5-1-12(2-6-16)9-11(10-12)15-7-3-14-4-8-15/h11H,1-10H2/q-1. The van der Waals surface area contributed by atoms with Crippen LogP contribution in [0, 0.1) is 5.41 Å². The molecule has 0 unspecified atom stereocenters. The monoisotopic (exact) mass is 334 g/mol. The highest BCUT2D eigenvalue weighted by atomic mass is 127. The summed E-state index contributed by atoms with van der Waals surface area (Å²) < 4.78 is 2.45. The van der Waals surface area contributed by atoms with Crippen LogP contribution >= 0.6 is 22.9 Å². The molecule has 2 saturated heterocycles. The third kappa shape index (κ3) is 2.26. The van der Waals surface area contributed by atoms with Gasteiger partial charge in [0.25, 0.3) is 0 Å². The summed E-state index contributed by atoms with van der Waals surface area (Å²) in [6.07, 6.45) is 5.81. The van der Waals surface area contributed by atoms with E-state index < -0.39 is 0 Å². The van der Waals surface area contributed by atoms with Crippen molar-refractivity contribution in [3.05, 3.63) is 5.32 Å². The van der Waals surface area contributed by atoms with Crippen molar-refractivity contribution < 1.29 is 0 Å². The van der Waals surface area contributed by atoms with E-state index in [1.807, 2.05) is 0 Å². The number of piperazine rings is 1. The van der Waals surface area contributed by atoms with Gasteiger partial charge in [0.15, 0.2) is 0 Å². The van der Waals surface area contributed by atoms with Gasteiger partial charge in [0.2, 0.25) is 0 Å². The molecule has 16 heavy (non-hydrogen) atoms. The topological polar surface area (TPSA) is 20.6 Å². The molecule has 4 heteroatoms. The molecule has 1 spiro atoms. The van der Waals surface area contributed by atoms with E-state index in [1.165, 1.54) is 51.9 Å². The van der Waals surface area contributed by atoms with Gasteiger partial charge in [-0.05, 0) is 44.2 Å². The Balaban J connectivity index is 1.49. The van der Waals surface area contributed by atoms with Crippen molar-refractivity contribution in [2.45, 2.75) is 31.7 Å². The average molecular weight is 334 g/mol. The van der Waals surface area contributed by atoms with E-state index in [9.17, 15) is 0 Å². The summed E-state index contributed by atoms with van der Waals surface area (Å²) in [4.78, 5) is 2.69. The number of halogens is 1. The van der Waals surface area contributed by atoms with Gasteiger partial charge in [-0.15, -0.1) is 13.1 Å². The van der Waals surface area contributed by atoms with Crippen molar-refractivity contribution in [3.8, 4) is 0 Å². The number of hydrogen-bond donors (Lipinski definition) is 0. The van der Waals surface area contributed by atoms with Gasteiger partial charge in [0.1, 0.15) is 0 Å². The van der Waals surface area contributed by atoms with Gasteiger partial charge < -0.3 is 10.2 Å². The van der Waals surface area contributed by atoms with Crippen LogP contribution in [0.15, 0.2) is 0 Å². The number of piperidine rings is 1. The van der Waals surface area contributed by atoms with Crippen LogP contribution in [0.2, 0.25) is 0 Å². The van der Waals surface area contributed by atoms with E-state index in [4.69, 9.17) is 0 Å². The maximum Gasteiger partial charge on any atom is 0.0201 e. The average Bonchev–Trinajstić information content (AvgIpc) is 2.29. The highest BCUT2D eigenvalue weighted by Crippen LogP contribution is 2.51. The summed E-state index contributed by atoms with van der Waals surface area (Å²) >= 11 is 2.47. The van der Waals surface area contributed by atoms with E-state index in [2.05, 4.69) is 36.2 Å². The Morgan fingerprint density at radius 2 is 1.62 bits per heavy atom. The zero-order chi connectivity index (χ0) is 11.0. The normalized spacial score (nSPS) is 32.8. The summed E-state index contributed by atoms with van der Waals surface area (Å²) in [6.45, 7) is 7.21. The van der Waals surface area contributed by atoms with Gasteiger partial charge in [-0.2, -0.15) is 0 Å². The van der Waals surface area contributed by atoms with Gasteiger partial charge in [0.05, 0.1) is 0 Å². The fourth-order valence-corrected chi connectivity index (χ4v) is 4.03. The van der Waals surface area contributed by atoms with Crippen molar-refractivity contribution in [2.24, 2.45) is 5.41 Å². The van der Waals surface area contributed by atoms with Crippen LogP contribution in [-0.4, -0.2) is 53.3 Å². The first-order valence-corrected chi connectivity index (χ1v) is 7.52. The lowest BCUT2D eigenvalue weighted by Gasteiger charge is -2.56. The van der Waals surface area contributed by atoms with Crippen LogP contribution in [0.5, 0.6) is 0 Å². The molecule has 0 aromatic rings. The Kier molecular flexibility index (Phi) is 3.44. The molecule has 0 bridgehead atoms. The van der Waals surface area contributed by atoms with E-state index in [1.54, 1.807) is 0 Å². The molecule has 2 aliphatic heterocycles. The first-order chi connectivity index (χ1) is 7.77. The highest BCUT2D eigenvalue weighted by Gasteiger charge is 2.47. The predicted molar refractivity (Wildman–Crippen MR) is 74.9 cm³/mol. The molecular weight excluding hydrogens is 313 g/mol. The zero-order valence-corrected chi connectivity index (χ0v) is 12.0. The molecule has 3 nitrogen and oxygen atoms in total. The van der Waals surface area contributed by atoms with Gasteiger partial charge >= 0.3 is 0 Å². The van der Waals surface area contributed by atoms with Crippen LogP contribution in [-0.2, 0) is 0 Å². The molecule has 92 valence electrons. The Morgan fingerprint density at radius 1 is 1.00 bits per heavy atom. The van der Waals surface area contributed by atoms with Crippen molar-refractivity contribution in [2.75, 3.05) is 39.3 Å². The van der Waals surface area contributed by atoms with Gasteiger partial charge in [-0.3, -0.25) is 0 Å².